The summed E-state index contributed by atoms with van der Waals surface area (Å²) in [6.07, 6.45) is 4.72. The minimum Gasteiger partial charge on any atom is -0.351 e. The monoisotopic (exact) mass is 289 g/mol. The Balaban J connectivity index is 1.68. The SMILES string of the molecule is NC(=O)N1CNCC12CCN(C(=O)c1cccnc1)CC2. The van der Waals surface area contributed by atoms with Gasteiger partial charge in [0.1, 0.15) is 0 Å². The summed E-state index contributed by atoms with van der Waals surface area (Å²) in [6, 6.07) is 3.13. The van der Waals surface area contributed by atoms with Crippen molar-refractivity contribution in [2.45, 2.75) is 18.4 Å². The van der Waals surface area contributed by atoms with Gasteiger partial charge >= 0.3 is 6.03 Å². The highest BCUT2D eigenvalue weighted by Gasteiger charge is 2.45. The van der Waals surface area contributed by atoms with Gasteiger partial charge in [-0.15, -0.1) is 0 Å². The summed E-state index contributed by atoms with van der Waals surface area (Å²) >= 11 is 0. The van der Waals surface area contributed by atoms with Crippen LogP contribution in [0, 0.1) is 0 Å². The lowest BCUT2D eigenvalue weighted by atomic mass is 9.87. The smallest absolute Gasteiger partial charge is 0.316 e. The second-order valence-electron chi connectivity index (χ2n) is 5.61. The summed E-state index contributed by atoms with van der Waals surface area (Å²) in [5, 5.41) is 3.20. The minimum absolute atomic E-state index is 0.00506. The molecule has 0 saturated carbocycles. The molecule has 2 saturated heterocycles. The first kappa shape index (κ1) is 13.8. The lowest BCUT2D eigenvalue weighted by Crippen LogP contribution is -2.57. The quantitative estimate of drug-likeness (QED) is 0.761. The molecule has 0 aromatic carbocycles. The molecule has 3 rings (SSSR count). The van der Waals surface area contributed by atoms with Gasteiger partial charge in [-0.2, -0.15) is 0 Å². The summed E-state index contributed by atoms with van der Waals surface area (Å²) in [5.74, 6) is -0.00506. The van der Waals surface area contributed by atoms with Gasteiger partial charge < -0.3 is 15.5 Å². The van der Waals surface area contributed by atoms with Crippen LogP contribution in [0.25, 0.3) is 0 Å². The number of carbonyl (C=O) groups excluding carboxylic acids is 2. The average Bonchev–Trinajstić information content (AvgIpc) is 2.92. The van der Waals surface area contributed by atoms with Crippen molar-refractivity contribution in [1.29, 1.82) is 0 Å². The second-order valence-corrected chi connectivity index (χ2v) is 5.61. The number of hydrogen-bond acceptors (Lipinski definition) is 4. The predicted molar refractivity (Wildman–Crippen MR) is 76.4 cm³/mol. The zero-order chi connectivity index (χ0) is 14.9. The number of aromatic nitrogens is 1. The number of primary amides is 1. The number of nitrogens with one attached hydrogen (secondary N) is 1. The van der Waals surface area contributed by atoms with Gasteiger partial charge in [0.15, 0.2) is 0 Å². The molecule has 0 atom stereocenters. The van der Waals surface area contributed by atoms with E-state index in [2.05, 4.69) is 10.3 Å². The topological polar surface area (TPSA) is 91.6 Å². The lowest BCUT2D eigenvalue weighted by molar-refractivity contribution is 0.0550. The van der Waals surface area contributed by atoms with Crippen molar-refractivity contribution < 1.29 is 9.59 Å². The van der Waals surface area contributed by atoms with Crippen molar-refractivity contribution >= 4 is 11.9 Å². The van der Waals surface area contributed by atoms with E-state index in [9.17, 15) is 9.59 Å². The zero-order valence-corrected chi connectivity index (χ0v) is 11.8. The molecule has 7 nitrogen and oxygen atoms in total. The van der Waals surface area contributed by atoms with E-state index in [-0.39, 0.29) is 11.4 Å². The zero-order valence-electron chi connectivity index (χ0n) is 11.8. The molecule has 2 fully saturated rings. The molecule has 7 heteroatoms. The standard InChI is InChI=1S/C14H19N5O2/c15-13(21)19-10-17-9-14(19)3-6-18(7-4-14)12(20)11-2-1-5-16-8-11/h1-2,5,8,17H,3-4,6-7,9-10H2,(H2,15,21). The third-order valence-electron chi connectivity index (χ3n) is 4.45. The van der Waals surface area contributed by atoms with Gasteiger partial charge in [-0.05, 0) is 25.0 Å². The minimum atomic E-state index is -0.396. The average molecular weight is 289 g/mol. The predicted octanol–water partition coefficient (Wildman–Crippen LogP) is -0.00220. The molecule has 1 spiro atoms. The van der Waals surface area contributed by atoms with E-state index in [0.717, 1.165) is 19.4 Å². The molecule has 2 aliphatic rings. The third-order valence-corrected chi connectivity index (χ3v) is 4.45. The Morgan fingerprint density at radius 3 is 2.71 bits per heavy atom. The Hall–Kier alpha value is -2.15. The van der Waals surface area contributed by atoms with Gasteiger partial charge in [-0.25, -0.2) is 4.79 Å². The maximum absolute atomic E-state index is 12.4. The number of carbonyl (C=O) groups is 2. The number of nitrogens with zero attached hydrogens (tertiary/aromatic N) is 3. The maximum atomic E-state index is 12.4. The van der Waals surface area contributed by atoms with Crippen LogP contribution in [0.5, 0.6) is 0 Å². The summed E-state index contributed by atoms with van der Waals surface area (Å²) < 4.78 is 0. The Morgan fingerprint density at radius 1 is 1.33 bits per heavy atom. The van der Waals surface area contributed by atoms with Gasteiger partial charge in [0.25, 0.3) is 5.91 Å². The van der Waals surface area contributed by atoms with Gasteiger partial charge in [-0.3, -0.25) is 15.1 Å². The second kappa shape index (κ2) is 5.33. The number of likely N-dealkylation sites (tertiary alicyclic amines) is 1. The number of pyridine rings is 1. The molecule has 3 heterocycles. The molecule has 0 radical (unpaired) electrons. The fourth-order valence-corrected chi connectivity index (χ4v) is 3.22. The van der Waals surface area contributed by atoms with Gasteiger partial charge in [0, 0.05) is 32.0 Å². The molecule has 1 aromatic rings. The number of nitrogens with two attached hydrogens (primary N) is 1. The van der Waals surface area contributed by atoms with Crippen LogP contribution in [0.1, 0.15) is 23.2 Å². The van der Waals surface area contributed by atoms with Crippen LogP contribution in [0.15, 0.2) is 24.5 Å². The van der Waals surface area contributed by atoms with Crippen molar-refractivity contribution in [3.8, 4) is 0 Å². The first-order chi connectivity index (χ1) is 10.1. The number of urea groups is 1. The van der Waals surface area contributed by atoms with Crippen molar-refractivity contribution in [3.63, 3.8) is 0 Å². The molecular formula is C14H19N5O2. The summed E-state index contributed by atoms with van der Waals surface area (Å²) in [7, 11) is 0. The molecule has 1 aromatic heterocycles. The van der Waals surface area contributed by atoms with Crippen LogP contribution in [0.4, 0.5) is 4.79 Å². The maximum Gasteiger partial charge on any atom is 0.316 e. The number of hydrogen-bond donors (Lipinski definition) is 2. The molecular weight excluding hydrogens is 270 g/mol. The lowest BCUT2D eigenvalue weighted by Gasteiger charge is -2.43. The van der Waals surface area contributed by atoms with E-state index in [4.69, 9.17) is 5.73 Å². The largest absolute Gasteiger partial charge is 0.351 e. The van der Waals surface area contributed by atoms with Crippen molar-refractivity contribution in [2.24, 2.45) is 5.73 Å². The van der Waals surface area contributed by atoms with Crippen LogP contribution in [-0.2, 0) is 0 Å². The van der Waals surface area contributed by atoms with E-state index in [1.165, 1.54) is 0 Å². The molecule has 0 unspecified atom stereocenters. The highest BCUT2D eigenvalue weighted by Crippen LogP contribution is 2.31. The Kier molecular flexibility index (Phi) is 3.50. The van der Waals surface area contributed by atoms with Crippen LogP contribution >= 0.6 is 0 Å². The summed E-state index contributed by atoms with van der Waals surface area (Å²) in [4.78, 5) is 31.4. The van der Waals surface area contributed by atoms with Gasteiger partial charge in [0.05, 0.1) is 17.8 Å². The van der Waals surface area contributed by atoms with Crippen LogP contribution in [0.3, 0.4) is 0 Å². The Bertz CT molecular complexity index is 540. The van der Waals surface area contributed by atoms with Crippen LogP contribution < -0.4 is 11.1 Å². The first-order valence-corrected chi connectivity index (χ1v) is 7.09. The highest BCUT2D eigenvalue weighted by molar-refractivity contribution is 5.94. The number of rotatable bonds is 1. The molecule has 2 aliphatic heterocycles. The normalized spacial score (nSPS) is 20.8. The number of piperidine rings is 1. The highest BCUT2D eigenvalue weighted by atomic mass is 16.2. The Morgan fingerprint density at radius 2 is 2.10 bits per heavy atom. The van der Waals surface area contributed by atoms with Crippen LogP contribution in [0.2, 0.25) is 0 Å². The van der Waals surface area contributed by atoms with E-state index >= 15 is 0 Å². The van der Waals surface area contributed by atoms with E-state index in [1.807, 2.05) is 4.90 Å². The Labute approximate surface area is 123 Å². The van der Waals surface area contributed by atoms with Crippen molar-refractivity contribution in [3.05, 3.63) is 30.1 Å². The van der Waals surface area contributed by atoms with Crippen molar-refractivity contribution in [1.82, 2.24) is 20.1 Å². The van der Waals surface area contributed by atoms with E-state index in [1.54, 1.807) is 29.4 Å². The summed E-state index contributed by atoms with van der Waals surface area (Å²) in [6.45, 7) is 2.48. The fourth-order valence-electron chi connectivity index (χ4n) is 3.22. The molecule has 3 amide bonds. The summed E-state index contributed by atoms with van der Waals surface area (Å²) in [5.41, 5.74) is 5.81. The first-order valence-electron chi connectivity index (χ1n) is 7.09. The van der Waals surface area contributed by atoms with Crippen LogP contribution in [-0.4, -0.2) is 58.6 Å². The number of amides is 3. The van der Waals surface area contributed by atoms with Gasteiger partial charge in [-0.1, -0.05) is 0 Å². The van der Waals surface area contributed by atoms with E-state index < -0.39 is 6.03 Å². The third kappa shape index (κ3) is 2.44. The van der Waals surface area contributed by atoms with E-state index in [0.29, 0.717) is 25.3 Å². The molecule has 3 N–H and O–H groups in total. The molecule has 112 valence electrons. The van der Waals surface area contributed by atoms with Crippen molar-refractivity contribution in [2.75, 3.05) is 26.3 Å². The molecule has 0 aliphatic carbocycles. The molecule has 21 heavy (non-hydrogen) atoms. The fraction of sp³-hybridized carbons (Fsp3) is 0.500. The van der Waals surface area contributed by atoms with Gasteiger partial charge in [0.2, 0.25) is 0 Å². The molecule has 0 bridgehead atoms.